The van der Waals surface area contributed by atoms with E-state index in [0.717, 1.165) is 31.7 Å². The zero-order valence-corrected chi connectivity index (χ0v) is 11.2. The van der Waals surface area contributed by atoms with Crippen LogP contribution in [0.5, 0.6) is 6.01 Å². The molecule has 0 aliphatic rings. The van der Waals surface area contributed by atoms with Gasteiger partial charge in [0.25, 0.3) is 0 Å². The van der Waals surface area contributed by atoms with Gasteiger partial charge in [-0.25, -0.2) is 9.97 Å². The maximum atomic E-state index is 4.94. The van der Waals surface area contributed by atoms with E-state index >= 15 is 0 Å². The van der Waals surface area contributed by atoms with E-state index in [9.17, 15) is 0 Å². The van der Waals surface area contributed by atoms with Crippen LogP contribution in [0.3, 0.4) is 0 Å². The molecule has 1 heterocycles. The summed E-state index contributed by atoms with van der Waals surface area (Å²) in [7, 11) is 5.75. The lowest BCUT2D eigenvalue weighted by Gasteiger charge is -2.22. The van der Waals surface area contributed by atoms with Crippen molar-refractivity contribution in [2.45, 2.75) is 13.5 Å². The van der Waals surface area contributed by atoms with Crippen molar-refractivity contribution in [2.75, 3.05) is 40.8 Å². The van der Waals surface area contributed by atoms with Crippen LogP contribution in [-0.2, 0) is 6.54 Å². The van der Waals surface area contributed by atoms with Crippen molar-refractivity contribution in [3.8, 4) is 6.01 Å². The number of rotatable bonds is 7. The van der Waals surface area contributed by atoms with Crippen molar-refractivity contribution in [1.82, 2.24) is 19.8 Å². The Balaban J connectivity index is 2.48. The summed E-state index contributed by atoms with van der Waals surface area (Å²) in [6, 6.07) is 0.421. The first-order chi connectivity index (χ1) is 8.15. The topological polar surface area (TPSA) is 41.5 Å². The Morgan fingerprint density at radius 1 is 1.18 bits per heavy atom. The molecule has 0 aromatic carbocycles. The Labute approximate surface area is 103 Å². The number of ether oxygens (including phenoxy) is 1. The maximum Gasteiger partial charge on any atom is 0.316 e. The van der Waals surface area contributed by atoms with Crippen molar-refractivity contribution in [2.24, 2.45) is 0 Å². The number of nitrogens with zero attached hydrogens (tertiary/aromatic N) is 4. The predicted octanol–water partition coefficient (Wildman–Crippen LogP) is 0.869. The van der Waals surface area contributed by atoms with Gasteiger partial charge in [0.05, 0.1) is 7.11 Å². The van der Waals surface area contributed by atoms with Crippen LogP contribution in [0.1, 0.15) is 12.5 Å². The highest BCUT2D eigenvalue weighted by Crippen LogP contribution is 2.05. The normalized spacial score (nSPS) is 11.2. The summed E-state index contributed by atoms with van der Waals surface area (Å²) in [6.45, 7) is 6.19. The average Bonchev–Trinajstić information content (AvgIpc) is 2.35. The molecule has 0 amide bonds. The third kappa shape index (κ3) is 5.10. The first-order valence-corrected chi connectivity index (χ1v) is 5.87. The third-order valence-corrected chi connectivity index (χ3v) is 2.58. The van der Waals surface area contributed by atoms with Crippen LogP contribution in [0.2, 0.25) is 0 Å². The molecular formula is C12H22N4O. The average molecular weight is 238 g/mol. The first kappa shape index (κ1) is 13.9. The molecule has 0 fully saturated rings. The summed E-state index contributed by atoms with van der Waals surface area (Å²) in [6.07, 6.45) is 3.65. The molecule has 1 rings (SSSR count). The van der Waals surface area contributed by atoms with Crippen molar-refractivity contribution >= 4 is 0 Å². The molecule has 17 heavy (non-hydrogen) atoms. The Hall–Kier alpha value is -1.20. The third-order valence-electron chi connectivity index (χ3n) is 2.58. The van der Waals surface area contributed by atoms with E-state index in [1.807, 2.05) is 12.4 Å². The Morgan fingerprint density at radius 2 is 1.82 bits per heavy atom. The van der Waals surface area contributed by atoms with Gasteiger partial charge in [0.1, 0.15) is 0 Å². The molecule has 0 spiro atoms. The lowest BCUT2D eigenvalue weighted by molar-refractivity contribution is 0.243. The molecule has 5 heteroatoms. The van der Waals surface area contributed by atoms with Crippen LogP contribution in [0.15, 0.2) is 12.4 Å². The van der Waals surface area contributed by atoms with E-state index in [0.29, 0.717) is 6.01 Å². The molecular weight excluding hydrogens is 216 g/mol. The smallest absolute Gasteiger partial charge is 0.316 e. The summed E-state index contributed by atoms with van der Waals surface area (Å²) >= 11 is 0. The van der Waals surface area contributed by atoms with E-state index in [1.54, 1.807) is 7.11 Å². The second-order valence-corrected chi connectivity index (χ2v) is 4.25. The monoisotopic (exact) mass is 238 g/mol. The van der Waals surface area contributed by atoms with Crippen molar-refractivity contribution in [1.29, 1.82) is 0 Å². The first-order valence-electron chi connectivity index (χ1n) is 5.87. The van der Waals surface area contributed by atoms with Gasteiger partial charge in [0, 0.05) is 37.6 Å². The molecule has 0 aliphatic carbocycles. The zero-order chi connectivity index (χ0) is 12.7. The van der Waals surface area contributed by atoms with E-state index in [4.69, 9.17) is 4.74 Å². The zero-order valence-electron chi connectivity index (χ0n) is 11.2. The number of aromatic nitrogens is 2. The quantitative estimate of drug-likeness (QED) is 0.705. The van der Waals surface area contributed by atoms with E-state index in [2.05, 4.69) is 40.8 Å². The van der Waals surface area contributed by atoms with Gasteiger partial charge in [-0.05, 0) is 20.6 Å². The molecule has 0 saturated heterocycles. The molecule has 0 N–H and O–H groups in total. The molecule has 5 nitrogen and oxygen atoms in total. The minimum atomic E-state index is 0.421. The van der Waals surface area contributed by atoms with Crippen LogP contribution in [0, 0.1) is 0 Å². The second-order valence-electron chi connectivity index (χ2n) is 4.25. The fourth-order valence-corrected chi connectivity index (χ4v) is 1.48. The summed E-state index contributed by atoms with van der Waals surface area (Å²) in [5.41, 5.74) is 1.12. The van der Waals surface area contributed by atoms with Crippen LogP contribution in [-0.4, -0.2) is 60.6 Å². The lowest BCUT2D eigenvalue weighted by atomic mass is 10.3. The van der Waals surface area contributed by atoms with Gasteiger partial charge in [-0.2, -0.15) is 0 Å². The molecule has 1 aromatic rings. The van der Waals surface area contributed by atoms with Gasteiger partial charge in [-0.15, -0.1) is 0 Å². The highest BCUT2D eigenvalue weighted by molar-refractivity contribution is 5.07. The Kier molecular flexibility index (Phi) is 5.86. The van der Waals surface area contributed by atoms with Gasteiger partial charge in [0.15, 0.2) is 0 Å². The number of hydrogen-bond donors (Lipinski definition) is 0. The summed E-state index contributed by atoms with van der Waals surface area (Å²) in [5, 5.41) is 0. The van der Waals surface area contributed by atoms with Gasteiger partial charge in [0.2, 0.25) is 0 Å². The highest BCUT2D eigenvalue weighted by Gasteiger charge is 2.05. The molecule has 0 unspecified atom stereocenters. The fourth-order valence-electron chi connectivity index (χ4n) is 1.48. The molecule has 0 atom stereocenters. The molecule has 0 saturated carbocycles. The molecule has 0 bridgehead atoms. The van der Waals surface area contributed by atoms with Gasteiger partial charge in [-0.3, -0.25) is 4.90 Å². The molecule has 1 aromatic heterocycles. The fraction of sp³-hybridized carbons (Fsp3) is 0.667. The molecule has 0 aliphatic heterocycles. The van der Waals surface area contributed by atoms with Crippen LogP contribution < -0.4 is 4.74 Å². The van der Waals surface area contributed by atoms with E-state index in [-0.39, 0.29) is 0 Å². The van der Waals surface area contributed by atoms with Gasteiger partial charge in [-0.1, -0.05) is 6.92 Å². The van der Waals surface area contributed by atoms with Crippen molar-refractivity contribution in [3.05, 3.63) is 18.0 Å². The number of methoxy groups -OCH3 is 1. The number of hydrogen-bond acceptors (Lipinski definition) is 5. The van der Waals surface area contributed by atoms with E-state index in [1.165, 1.54) is 0 Å². The van der Waals surface area contributed by atoms with Crippen molar-refractivity contribution in [3.63, 3.8) is 0 Å². The standard InChI is InChI=1S/C12H22N4O/c1-5-16(7-6-15(2)3)10-11-8-13-12(17-4)14-9-11/h8-9H,5-7,10H2,1-4H3. The predicted molar refractivity (Wildman–Crippen MR) is 68.1 cm³/mol. The highest BCUT2D eigenvalue weighted by atomic mass is 16.5. The second kappa shape index (κ2) is 7.19. The van der Waals surface area contributed by atoms with Gasteiger partial charge < -0.3 is 9.64 Å². The SMILES string of the molecule is CCN(CCN(C)C)Cc1cnc(OC)nc1. The summed E-state index contributed by atoms with van der Waals surface area (Å²) < 4.78 is 4.94. The summed E-state index contributed by atoms with van der Waals surface area (Å²) in [5.74, 6) is 0. The van der Waals surface area contributed by atoms with Crippen molar-refractivity contribution < 1.29 is 4.74 Å². The largest absolute Gasteiger partial charge is 0.467 e. The Morgan fingerprint density at radius 3 is 2.29 bits per heavy atom. The molecule has 96 valence electrons. The summed E-state index contributed by atoms with van der Waals surface area (Å²) in [4.78, 5) is 12.8. The van der Waals surface area contributed by atoms with Crippen LogP contribution in [0.4, 0.5) is 0 Å². The van der Waals surface area contributed by atoms with E-state index < -0.39 is 0 Å². The van der Waals surface area contributed by atoms with Crippen LogP contribution >= 0.6 is 0 Å². The Bertz CT molecular complexity index is 313. The molecule has 0 radical (unpaired) electrons. The maximum absolute atomic E-state index is 4.94. The minimum absolute atomic E-state index is 0.421. The van der Waals surface area contributed by atoms with Crippen LogP contribution in [0.25, 0.3) is 0 Å². The minimum Gasteiger partial charge on any atom is -0.467 e. The number of likely N-dealkylation sites (N-methyl/N-ethyl adjacent to an activating group) is 2. The van der Waals surface area contributed by atoms with Gasteiger partial charge >= 0.3 is 6.01 Å². The lowest BCUT2D eigenvalue weighted by Crippen LogP contribution is -2.31.